The number of piperidine rings is 2. The number of carbonyl (C=O) groups is 1. The molecule has 0 aliphatic carbocycles. The lowest BCUT2D eigenvalue weighted by Gasteiger charge is -2.53. The molecule has 248 valence electrons. The number of hydrogen-bond acceptors (Lipinski definition) is 9. The summed E-state index contributed by atoms with van der Waals surface area (Å²) in [4.78, 5) is 29.2. The Balaban J connectivity index is 1.28. The molecule has 46 heavy (non-hydrogen) atoms. The number of hydrogen-bond donors (Lipinski definition) is 0. The Morgan fingerprint density at radius 2 is 1.80 bits per heavy atom. The second kappa shape index (κ2) is 13.5. The van der Waals surface area contributed by atoms with E-state index in [1.807, 2.05) is 49.9 Å². The van der Waals surface area contributed by atoms with E-state index in [9.17, 15) is 4.79 Å². The van der Waals surface area contributed by atoms with E-state index >= 15 is 0 Å². The van der Waals surface area contributed by atoms with Crippen molar-refractivity contribution in [2.45, 2.75) is 64.8 Å². The normalized spacial score (nSPS) is 18.8. The summed E-state index contributed by atoms with van der Waals surface area (Å²) < 4.78 is 25.9. The number of methoxy groups -OCH3 is 1. The predicted molar refractivity (Wildman–Crippen MR) is 190 cm³/mol. The number of ether oxygens (including phenoxy) is 4. The molecule has 1 spiro atoms. The molecule has 3 aromatic rings. The molecular weight excluding hydrogens is 765 g/mol. The van der Waals surface area contributed by atoms with Crippen molar-refractivity contribution >= 4 is 61.3 Å². The van der Waals surface area contributed by atoms with Gasteiger partial charge < -0.3 is 33.6 Å². The molecule has 4 heterocycles. The first-order valence-corrected chi connectivity index (χ1v) is 17.8. The molecule has 0 radical (unpaired) electrons. The number of likely N-dealkylation sites (tertiary alicyclic amines) is 2. The Bertz CT molecular complexity index is 1580. The first-order chi connectivity index (χ1) is 21.9. The van der Waals surface area contributed by atoms with Gasteiger partial charge in [-0.05, 0) is 116 Å². The minimum atomic E-state index is -0.492. The van der Waals surface area contributed by atoms with E-state index in [1.165, 1.54) is 0 Å². The second-order valence-electron chi connectivity index (χ2n) is 13.8. The predicted octanol–water partition coefficient (Wildman–Crippen LogP) is 6.89. The lowest BCUT2D eigenvalue weighted by molar-refractivity contribution is -0.0434. The molecule has 3 fully saturated rings. The number of fused-ring (bicyclic) bond motifs is 1. The second-order valence-corrected chi connectivity index (χ2v) is 15.8. The van der Waals surface area contributed by atoms with Crippen molar-refractivity contribution < 1.29 is 23.7 Å². The number of rotatable bonds is 7. The van der Waals surface area contributed by atoms with Gasteiger partial charge in [0.2, 0.25) is 0 Å². The summed E-state index contributed by atoms with van der Waals surface area (Å²) in [5.41, 5.74) is 1.35. The molecule has 2 aromatic carbocycles. The van der Waals surface area contributed by atoms with Crippen molar-refractivity contribution in [3.63, 3.8) is 0 Å². The molecule has 12 heteroatoms. The highest BCUT2D eigenvalue weighted by atomic mass is 127. The summed E-state index contributed by atoms with van der Waals surface area (Å²) in [6.45, 7) is 11.2. The SMILES string of the molecule is COc1cccc(COc2c(Br)c(I)cc3c(N4CCC5(CC4)CN(C(=O)OC(C)(C)C)C5)nc(OC4CCN(C)CC4)nc23)c1. The Morgan fingerprint density at radius 3 is 2.48 bits per heavy atom. The molecular formula is C34H43BrIN5O5. The van der Waals surface area contributed by atoms with E-state index in [0.717, 1.165) is 101 Å². The molecule has 0 unspecified atom stereocenters. The van der Waals surface area contributed by atoms with Gasteiger partial charge in [0.05, 0.1) is 11.6 Å². The average molecular weight is 809 g/mol. The van der Waals surface area contributed by atoms with Gasteiger partial charge in [-0.1, -0.05) is 12.1 Å². The summed E-state index contributed by atoms with van der Waals surface area (Å²) in [7, 11) is 3.81. The van der Waals surface area contributed by atoms with Crippen LogP contribution in [0.5, 0.6) is 17.5 Å². The number of benzene rings is 2. The van der Waals surface area contributed by atoms with Gasteiger partial charge in [-0.2, -0.15) is 9.97 Å². The largest absolute Gasteiger partial charge is 0.497 e. The summed E-state index contributed by atoms with van der Waals surface area (Å²) in [6, 6.07) is 10.4. The topological polar surface area (TPSA) is 89.5 Å². The first-order valence-electron chi connectivity index (χ1n) is 16.0. The highest BCUT2D eigenvalue weighted by Crippen LogP contribution is 2.45. The molecule has 3 aliphatic heterocycles. The summed E-state index contributed by atoms with van der Waals surface area (Å²) >= 11 is 6.14. The number of nitrogens with zero attached hydrogens (tertiary/aromatic N) is 5. The van der Waals surface area contributed by atoms with Gasteiger partial charge in [0, 0.05) is 53.6 Å². The van der Waals surface area contributed by atoms with E-state index in [0.29, 0.717) is 18.4 Å². The van der Waals surface area contributed by atoms with Gasteiger partial charge in [-0.3, -0.25) is 0 Å². The fourth-order valence-corrected chi connectivity index (χ4v) is 7.44. The van der Waals surface area contributed by atoms with Crippen LogP contribution in [0, 0.1) is 8.99 Å². The van der Waals surface area contributed by atoms with Crippen LogP contribution in [-0.4, -0.2) is 91.0 Å². The van der Waals surface area contributed by atoms with Crippen LogP contribution in [0.3, 0.4) is 0 Å². The zero-order valence-electron chi connectivity index (χ0n) is 27.3. The molecule has 1 aromatic heterocycles. The summed E-state index contributed by atoms with van der Waals surface area (Å²) in [6.07, 6.45) is 3.64. The average Bonchev–Trinajstić information content (AvgIpc) is 3.00. The maximum Gasteiger partial charge on any atom is 0.410 e. The Hall–Kier alpha value is -2.58. The lowest BCUT2D eigenvalue weighted by atomic mass is 9.72. The quantitative estimate of drug-likeness (QED) is 0.237. The number of anilines is 1. The van der Waals surface area contributed by atoms with E-state index < -0.39 is 5.60 Å². The monoisotopic (exact) mass is 807 g/mol. The van der Waals surface area contributed by atoms with Crippen molar-refractivity contribution in [2.24, 2.45) is 5.41 Å². The van der Waals surface area contributed by atoms with Crippen molar-refractivity contribution in [1.29, 1.82) is 0 Å². The smallest absolute Gasteiger partial charge is 0.410 e. The third kappa shape index (κ3) is 7.43. The van der Waals surface area contributed by atoms with E-state index in [1.54, 1.807) is 7.11 Å². The van der Waals surface area contributed by atoms with E-state index in [2.05, 4.69) is 61.4 Å². The van der Waals surface area contributed by atoms with Gasteiger partial charge in [0.25, 0.3) is 0 Å². The number of carbonyl (C=O) groups excluding carboxylic acids is 1. The fraction of sp³-hybridized carbons (Fsp3) is 0.559. The van der Waals surface area contributed by atoms with Crippen LogP contribution in [0.25, 0.3) is 10.9 Å². The number of amides is 1. The maximum atomic E-state index is 12.6. The molecule has 1 amide bonds. The maximum absolute atomic E-state index is 12.6. The zero-order chi connectivity index (χ0) is 32.6. The van der Waals surface area contributed by atoms with E-state index in [-0.39, 0.29) is 17.6 Å². The molecule has 3 aliphatic rings. The number of aromatic nitrogens is 2. The van der Waals surface area contributed by atoms with Gasteiger partial charge in [-0.25, -0.2) is 4.79 Å². The Kier molecular flexibility index (Phi) is 9.78. The van der Waals surface area contributed by atoms with Gasteiger partial charge in [0.1, 0.15) is 35.4 Å². The van der Waals surface area contributed by atoms with Crippen molar-refractivity contribution in [3.8, 4) is 17.5 Å². The van der Waals surface area contributed by atoms with Crippen LogP contribution in [0.4, 0.5) is 10.6 Å². The molecule has 0 atom stereocenters. The van der Waals surface area contributed by atoms with Crippen LogP contribution in [0.1, 0.15) is 52.0 Å². The molecule has 10 nitrogen and oxygen atoms in total. The molecule has 0 bridgehead atoms. The van der Waals surface area contributed by atoms with Crippen LogP contribution >= 0.6 is 38.5 Å². The van der Waals surface area contributed by atoms with E-state index in [4.69, 9.17) is 28.9 Å². The fourth-order valence-electron chi connectivity index (χ4n) is 6.47. The lowest BCUT2D eigenvalue weighted by Crippen LogP contribution is -2.62. The minimum absolute atomic E-state index is 0.0633. The van der Waals surface area contributed by atoms with Crippen LogP contribution in [0.15, 0.2) is 34.8 Å². The van der Waals surface area contributed by atoms with Crippen LogP contribution in [-0.2, 0) is 11.3 Å². The van der Waals surface area contributed by atoms with Crippen LogP contribution in [0.2, 0.25) is 0 Å². The van der Waals surface area contributed by atoms with Crippen molar-refractivity contribution in [3.05, 3.63) is 43.9 Å². The van der Waals surface area contributed by atoms with Crippen LogP contribution < -0.4 is 19.1 Å². The Morgan fingerprint density at radius 1 is 1.09 bits per heavy atom. The highest BCUT2D eigenvalue weighted by molar-refractivity contribution is 14.1. The van der Waals surface area contributed by atoms with Crippen molar-refractivity contribution in [2.75, 3.05) is 58.3 Å². The molecule has 0 N–H and O–H groups in total. The highest BCUT2D eigenvalue weighted by Gasteiger charge is 2.48. The number of halogens is 2. The summed E-state index contributed by atoms with van der Waals surface area (Å²) in [5, 5.41) is 0.934. The molecule has 3 saturated heterocycles. The molecule has 6 rings (SSSR count). The third-order valence-electron chi connectivity index (χ3n) is 9.08. The summed E-state index contributed by atoms with van der Waals surface area (Å²) in [5.74, 6) is 2.32. The third-order valence-corrected chi connectivity index (χ3v) is 11.5. The minimum Gasteiger partial charge on any atom is -0.497 e. The molecule has 0 saturated carbocycles. The van der Waals surface area contributed by atoms with Gasteiger partial charge >= 0.3 is 12.1 Å². The first kappa shape index (κ1) is 33.3. The van der Waals surface area contributed by atoms with Gasteiger partial charge in [0.15, 0.2) is 5.75 Å². The zero-order valence-corrected chi connectivity index (χ0v) is 31.0. The standard InChI is InChI=1S/C34H43BrIN5O5/c1-33(2,3)46-32(42)41-20-34(21-41)11-15-40(16-12-34)30-25-18-26(36)27(35)29(44-19-22-7-6-8-24(17-22)43-5)28(25)37-31(38-30)45-23-9-13-39(4)14-10-23/h6-8,17-18,23H,9-16,19-21H2,1-5H3. The van der Waals surface area contributed by atoms with Crippen molar-refractivity contribution in [1.82, 2.24) is 19.8 Å². The van der Waals surface area contributed by atoms with Gasteiger partial charge in [-0.15, -0.1) is 0 Å². The Labute approximate surface area is 293 Å².